The van der Waals surface area contributed by atoms with Gasteiger partial charge < -0.3 is 31.6 Å². The fourth-order valence-electron chi connectivity index (χ4n) is 4.02. The summed E-state index contributed by atoms with van der Waals surface area (Å²) in [6.07, 6.45) is 2.16. The highest BCUT2D eigenvalue weighted by Crippen LogP contribution is 2.31. The molecule has 180 valence electrons. The van der Waals surface area contributed by atoms with E-state index < -0.39 is 6.03 Å². The predicted octanol–water partition coefficient (Wildman–Crippen LogP) is 2.93. The number of piperazine rings is 1. The lowest BCUT2D eigenvalue weighted by molar-refractivity contribution is 0.204. The van der Waals surface area contributed by atoms with Gasteiger partial charge in [-0.05, 0) is 26.3 Å². The summed E-state index contributed by atoms with van der Waals surface area (Å²) in [5, 5.41) is 23.6. The maximum absolute atomic E-state index is 11.5. The van der Waals surface area contributed by atoms with Gasteiger partial charge in [0.25, 0.3) is 0 Å². The SMILES string of the molecule is CC[C@H](C)Nc1c(C=N)nc(N2CCN(C(N)=O)CC2)nc1NC(C)c1[nH]nc2ccccc12. The van der Waals surface area contributed by atoms with Crippen LogP contribution in [0.3, 0.4) is 0 Å². The maximum Gasteiger partial charge on any atom is 0.314 e. The second kappa shape index (κ2) is 9.94. The number of nitrogens with one attached hydrogen (secondary N) is 4. The molecule has 1 aliphatic heterocycles. The molecule has 0 spiro atoms. The van der Waals surface area contributed by atoms with Gasteiger partial charge in [0.1, 0.15) is 11.4 Å². The molecule has 6 N–H and O–H groups in total. The number of H-pyrrole nitrogens is 1. The van der Waals surface area contributed by atoms with Gasteiger partial charge in [0.2, 0.25) is 5.95 Å². The number of hydrogen-bond acceptors (Lipinski definition) is 8. The molecule has 3 heterocycles. The zero-order valence-corrected chi connectivity index (χ0v) is 19.8. The van der Waals surface area contributed by atoms with Crippen LogP contribution in [-0.2, 0) is 0 Å². The van der Waals surface area contributed by atoms with Gasteiger partial charge in [0.05, 0.1) is 17.3 Å². The van der Waals surface area contributed by atoms with Gasteiger partial charge in [-0.25, -0.2) is 9.78 Å². The summed E-state index contributed by atoms with van der Waals surface area (Å²) in [7, 11) is 0. The van der Waals surface area contributed by atoms with Crippen molar-refractivity contribution in [1.82, 2.24) is 25.1 Å². The lowest BCUT2D eigenvalue weighted by atomic mass is 10.1. The highest BCUT2D eigenvalue weighted by molar-refractivity contribution is 5.89. The molecule has 0 aliphatic carbocycles. The van der Waals surface area contributed by atoms with Crippen molar-refractivity contribution in [3.05, 3.63) is 35.7 Å². The number of primary amides is 1. The minimum Gasteiger partial charge on any atom is -0.378 e. The number of urea groups is 1. The second-order valence-corrected chi connectivity index (χ2v) is 8.56. The zero-order valence-electron chi connectivity index (χ0n) is 19.8. The van der Waals surface area contributed by atoms with E-state index in [4.69, 9.17) is 16.1 Å². The van der Waals surface area contributed by atoms with E-state index in [1.54, 1.807) is 4.90 Å². The van der Waals surface area contributed by atoms with E-state index in [2.05, 4.69) is 39.7 Å². The Bertz CT molecular complexity index is 1170. The molecule has 2 atom stereocenters. The number of aromatic amines is 1. The van der Waals surface area contributed by atoms with Crippen LogP contribution in [0.2, 0.25) is 0 Å². The smallest absolute Gasteiger partial charge is 0.314 e. The Balaban J connectivity index is 1.68. The Hall–Kier alpha value is -3.89. The molecule has 0 saturated carbocycles. The summed E-state index contributed by atoms with van der Waals surface area (Å²) in [6, 6.07) is 7.60. The van der Waals surface area contributed by atoms with Crippen molar-refractivity contribution in [3.63, 3.8) is 0 Å². The molecular weight excluding hydrogens is 432 g/mol. The molecule has 1 unspecified atom stereocenters. The molecule has 1 saturated heterocycles. The third-order valence-electron chi connectivity index (χ3n) is 6.22. The molecule has 1 aliphatic rings. The monoisotopic (exact) mass is 464 g/mol. The van der Waals surface area contributed by atoms with Crippen molar-refractivity contribution in [1.29, 1.82) is 5.41 Å². The number of anilines is 3. The van der Waals surface area contributed by atoms with Crippen LogP contribution in [0.4, 0.5) is 22.2 Å². The summed E-state index contributed by atoms with van der Waals surface area (Å²) in [5.74, 6) is 1.13. The van der Waals surface area contributed by atoms with Crippen molar-refractivity contribution in [2.24, 2.45) is 5.73 Å². The van der Waals surface area contributed by atoms with Gasteiger partial charge in [0, 0.05) is 43.8 Å². The Kier molecular flexibility index (Phi) is 6.80. The van der Waals surface area contributed by atoms with E-state index >= 15 is 0 Å². The Labute approximate surface area is 198 Å². The van der Waals surface area contributed by atoms with Gasteiger partial charge in [-0.1, -0.05) is 25.1 Å². The summed E-state index contributed by atoms with van der Waals surface area (Å²) in [6.45, 7) is 8.37. The molecule has 1 aromatic carbocycles. The summed E-state index contributed by atoms with van der Waals surface area (Å²) < 4.78 is 0. The first kappa shape index (κ1) is 23.3. The lowest BCUT2D eigenvalue weighted by Crippen LogP contribution is -2.51. The van der Waals surface area contributed by atoms with E-state index in [0.29, 0.717) is 49.3 Å². The van der Waals surface area contributed by atoms with Crippen LogP contribution >= 0.6 is 0 Å². The third-order valence-corrected chi connectivity index (χ3v) is 6.22. The minimum atomic E-state index is -0.420. The molecular formula is C23H32N10O. The number of aromatic nitrogens is 4. The second-order valence-electron chi connectivity index (χ2n) is 8.56. The van der Waals surface area contributed by atoms with Crippen LogP contribution in [0.1, 0.15) is 44.6 Å². The van der Waals surface area contributed by atoms with Crippen LogP contribution in [0.25, 0.3) is 10.9 Å². The number of fused-ring (bicyclic) bond motifs is 1. The number of carbonyl (C=O) groups is 1. The minimum absolute atomic E-state index is 0.127. The van der Waals surface area contributed by atoms with Crippen LogP contribution in [-0.4, -0.2) is 69.5 Å². The van der Waals surface area contributed by atoms with Crippen molar-refractivity contribution >= 4 is 40.6 Å². The zero-order chi connectivity index (χ0) is 24.2. The van der Waals surface area contributed by atoms with Gasteiger partial charge in [0.15, 0.2) is 5.82 Å². The third kappa shape index (κ3) is 4.73. The number of rotatable bonds is 8. The number of carbonyl (C=O) groups excluding carboxylic acids is 1. The first-order valence-electron chi connectivity index (χ1n) is 11.6. The summed E-state index contributed by atoms with van der Waals surface area (Å²) >= 11 is 0. The number of nitrogens with two attached hydrogens (primary N) is 1. The van der Waals surface area contributed by atoms with E-state index in [0.717, 1.165) is 23.0 Å². The number of hydrogen-bond donors (Lipinski definition) is 5. The van der Waals surface area contributed by atoms with E-state index in [1.807, 2.05) is 36.1 Å². The molecule has 0 radical (unpaired) electrons. The standard InChI is InChI=1S/C23H32N10O/c1-4-14(2)26-20-18(13-24)28-23(33-11-9-32(10-12-33)22(25)34)29-21(20)27-15(3)19-16-7-5-6-8-17(16)30-31-19/h5-8,13-15,24,26H,4,9-12H2,1-3H3,(H2,25,34)(H,30,31)(H,27,28,29)/t14-,15?/m0/s1. The molecule has 34 heavy (non-hydrogen) atoms. The predicted molar refractivity (Wildman–Crippen MR) is 135 cm³/mol. The Morgan fingerprint density at radius 1 is 1.21 bits per heavy atom. The van der Waals surface area contributed by atoms with Crippen LogP contribution in [0.5, 0.6) is 0 Å². The van der Waals surface area contributed by atoms with Gasteiger partial charge in [-0.3, -0.25) is 5.10 Å². The first-order chi connectivity index (χ1) is 16.4. The van der Waals surface area contributed by atoms with Crippen LogP contribution < -0.4 is 21.3 Å². The first-order valence-corrected chi connectivity index (χ1v) is 11.6. The van der Waals surface area contributed by atoms with E-state index in [-0.39, 0.29) is 12.1 Å². The van der Waals surface area contributed by atoms with Crippen molar-refractivity contribution < 1.29 is 4.79 Å². The molecule has 1 fully saturated rings. The van der Waals surface area contributed by atoms with Crippen LogP contribution in [0, 0.1) is 5.41 Å². The number of para-hydroxylation sites is 1. The molecule has 3 aromatic rings. The van der Waals surface area contributed by atoms with Crippen molar-refractivity contribution in [2.45, 2.75) is 39.3 Å². The molecule has 4 rings (SSSR count). The fraction of sp³-hybridized carbons (Fsp3) is 0.435. The average Bonchev–Trinajstić information content (AvgIpc) is 3.29. The summed E-state index contributed by atoms with van der Waals surface area (Å²) in [4.78, 5) is 24.6. The number of nitrogens with zero attached hydrogens (tertiary/aromatic N) is 5. The Morgan fingerprint density at radius 3 is 2.62 bits per heavy atom. The summed E-state index contributed by atoms with van der Waals surface area (Å²) in [5.41, 5.74) is 8.48. The molecule has 11 nitrogen and oxygen atoms in total. The quantitative estimate of drug-likeness (QED) is 0.321. The molecule has 2 amide bonds. The van der Waals surface area contributed by atoms with Crippen LogP contribution in [0.15, 0.2) is 24.3 Å². The lowest BCUT2D eigenvalue weighted by Gasteiger charge is -2.34. The average molecular weight is 465 g/mol. The number of benzene rings is 1. The Morgan fingerprint density at radius 2 is 1.94 bits per heavy atom. The van der Waals surface area contributed by atoms with E-state index in [9.17, 15) is 4.79 Å². The van der Waals surface area contributed by atoms with Crippen molar-refractivity contribution in [2.75, 3.05) is 41.7 Å². The molecule has 11 heteroatoms. The highest BCUT2D eigenvalue weighted by Gasteiger charge is 2.25. The van der Waals surface area contributed by atoms with E-state index in [1.165, 1.54) is 6.21 Å². The van der Waals surface area contributed by atoms with Gasteiger partial charge in [-0.15, -0.1) is 0 Å². The topological polar surface area (TPSA) is 152 Å². The number of amides is 2. The largest absolute Gasteiger partial charge is 0.378 e. The maximum atomic E-state index is 11.5. The molecule has 0 bridgehead atoms. The highest BCUT2D eigenvalue weighted by atomic mass is 16.2. The van der Waals surface area contributed by atoms with Gasteiger partial charge in [-0.2, -0.15) is 10.1 Å². The molecule has 2 aromatic heterocycles. The van der Waals surface area contributed by atoms with Crippen molar-refractivity contribution in [3.8, 4) is 0 Å². The fourth-order valence-corrected chi connectivity index (χ4v) is 4.02. The van der Waals surface area contributed by atoms with Gasteiger partial charge >= 0.3 is 6.03 Å². The normalized spacial score (nSPS) is 15.7.